The van der Waals surface area contributed by atoms with E-state index in [4.69, 9.17) is 0 Å². The van der Waals surface area contributed by atoms with E-state index in [1.54, 1.807) is 0 Å². The molecule has 1 saturated heterocycles. The van der Waals surface area contributed by atoms with Crippen LogP contribution < -0.4 is 0 Å². The molecule has 0 spiro atoms. The van der Waals surface area contributed by atoms with E-state index in [0.717, 1.165) is 25.8 Å². The Kier molecular flexibility index (Phi) is 3.17. The van der Waals surface area contributed by atoms with E-state index < -0.39 is 0 Å². The number of benzene rings is 1. The van der Waals surface area contributed by atoms with Crippen LogP contribution in [0.25, 0.3) is 0 Å². The van der Waals surface area contributed by atoms with Gasteiger partial charge in [0.1, 0.15) is 6.29 Å². The van der Waals surface area contributed by atoms with Crippen LogP contribution in [-0.2, 0) is 4.79 Å². The van der Waals surface area contributed by atoms with Crippen LogP contribution in [0.1, 0.15) is 24.9 Å². The average molecular weight is 203 g/mol. The molecule has 0 saturated carbocycles. The lowest BCUT2D eigenvalue weighted by atomic mass is 10.1. The first kappa shape index (κ1) is 10.4. The summed E-state index contributed by atoms with van der Waals surface area (Å²) >= 11 is 0. The highest BCUT2D eigenvalue weighted by Crippen LogP contribution is 2.26. The van der Waals surface area contributed by atoms with Crippen LogP contribution >= 0.6 is 0 Å². The summed E-state index contributed by atoms with van der Waals surface area (Å²) in [4.78, 5) is 13.1. The predicted molar refractivity (Wildman–Crippen MR) is 60.6 cm³/mol. The van der Waals surface area contributed by atoms with Crippen molar-refractivity contribution in [1.82, 2.24) is 4.90 Å². The number of carbonyl (C=O) groups excluding carboxylic acids is 1. The van der Waals surface area contributed by atoms with Gasteiger partial charge >= 0.3 is 0 Å². The molecular formula is C13H17NO. The van der Waals surface area contributed by atoms with Crippen LogP contribution in [0.4, 0.5) is 0 Å². The second kappa shape index (κ2) is 4.58. The number of likely N-dealkylation sites (tertiary alicyclic amines) is 1. The maximum atomic E-state index is 10.7. The lowest BCUT2D eigenvalue weighted by Gasteiger charge is -2.24. The Labute approximate surface area is 90.9 Å². The highest BCUT2D eigenvalue weighted by Gasteiger charge is 2.25. The fraction of sp³-hybridized carbons (Fsp3) is 0.462. The van der Waals surface area contributed by atoms with Crippen LogP contribution in [0.3, 0.4) is 0 Å². The molecule has 1 aliphatic heterocycles. The highest BCUT2D eigenvalue weighted by molar-refractivity contribution is 5.54. The van der Waals surface area contributed by atoms with Crippen molar-refractivity contribution in [2.24, 2.45) is 5.92 Å². The molecule has 0 aromatic heterocycles. The van der Waals surface area contributed by atoms with Gasteiger partial charge in [-0.15, -0.1) is 0 Å². The fourth-order valence-electron chi connectivity index (χ4n) is 2.22. The van der Waals surface area contributed by atoms with Crippen LogP contribution in [-0.4, -0.2) is 24.3 Å². The first-order chi connectivity index (χ1) is 7.31. The number of hydrogen-bond donors (Lipinski definition) is 0. The minimum atomic E-state index is 0.246. The molecule has 1 aromatic rings. The van der Waals surface area contributed by atoms with Gasteiger partial charge in [-0.05, 0) is 25.5 Å². The zero-order valence-electron chi connectivity index (χ0n) is 9.10. The van der Waals surface area contributed by atoms with Gasteiger partial charge < -0.3 is 4.79 Å². The first-order valence-electron chi connectivity index (χ1n) is 5.55. The smallest absolute Gasteiger partial charge is 0.124 e. The Morgan fingerprint density at radius 1 is 1.40 bits per heavy atom. The molecule has 1 aromatic carbocycles. The summed E-state index contributed by atoms with van der Waals surface area (Å²) in [7, 11) is 0. The van der Waals surface area contributed by atoms with Crippen molar-refractivity contribution in [2.75, 3.05) is 13.1 Å². The van der Waals surface area contributed by atoms with Crippen LogP contribution in [0.2, 0.25) is 0 Å². The van der Waals surface area contributed by atoms with Gasteiger partial charge in [0.05, 0.1) is 0 Å². The van der Waals surface area contributed by atoms with E-state index in [9.17, 15) is 4.79 Å². The van der Waals surface area contributed by atoms with E-state index in [2.05, 4.69) is 36.1 Å². The predicted octanol–water partition coefficient (Wildman–Crippen LogP) is 2.27. The second-order valence-corrected chi connectivity index (χ2v) is 4.27. The molecular weight excluding hydrogens is 186 g/mol. The molecule has 0 bridgehead atoms. The quantitative estimate of drug-likeness (QED) is 0.702. The molecule has 2 nitrogen and oxygen atoms in total. The molecule has 2 atom stereocenters. The van der Waals surface area contributed by atoms with Gasteiger partial charge in [-0.1, -0.05) is 30.3 Å². The molecule has 80 valence electrons. The molecule has 2 heteroatoms. The van der Waals surface area contributed by atoms with Gasteiger partial charge in [0.25, 0.3) is 0 Å². The average Bonchev–Trinajstić information content (AvgIpc) is 2.78. The van der Waals surface area contributed by atoms with Crippen molar-refractivity contribution < 1.29 is 4.79 Å². The Balaban J connectivity index is 2.03. The zero-order chi connectivity index (χ0) is 10.7. The van der Waals surface area contributed by atoms with Gasteiger partial charge in [-0.2, -0.15) is 0 Å². The largest absolute Gasteiger partial charge is 0.303 e. The maximum Gasteiger partial charge on any atom is 0.124 e. The van der Waals surface area contributed by atoms with Gasteiger partial charge in [0, 0.05) is 18.5 Å². The summed E-state index contributed by atoms with van der Waals surface area (Å²) in [5.41, 5.74) is 1.34. The Morgan fingerprint density at radius 2 is 2.13 bits per heavy atom. The van der Waals surface area contributed by atoms with E-state index in [-0.39, 0.29) is 5.92 Å². The number of hydrogen-bond acceptors (Lipinski definition) is 2. The van der Waals surface area contributed by atoms with Gasteiger partial charge in [0.2, 0.25) is 0 Å². The number of carbonyl (C=O) groups is 1. The second-order valence-electron chi connectivity index (χ2n) is 4.27. The normalized spacial score (nSPS) is 23.9. The standard InChI is InChI=1S/C13H17NO/c1-11(13-5-3-2-4-6-13)14-8-7-12(9-14)10-15/h2-6,10-12H,7-9H2,1H3/t11-,12?/m0/s1. The van der Waals surface area contributed by atoms with E-state index >= 15 is 0 Å². The van der Waals surface area contributed by atoms with Crippen molar-refractivity contribution in [3.63, 3.8) is 0 Å². The van der Waals surface area contributed by atoms with Gasteiger partial charge in [0.15, 0.2) is 0 Å². The Bertz CT molecular complexity index is 323. The molecule has 2 rings (SSSR count). The molecule has 15 heavy (non-hydrogen) atoms. The first-order valence-corrected chi connectivity index (χ1v) is 5.55. The van der Waals surface area contributed by atoms with Crippen LogP contribution in [0.5, 0.6) is 0 Å². The molecule has 1 aliphatic rings. The third-order valence-corrected chi connectivity index (χ3v) is 3.28. The molecule has 0 aliphatic carbocycles. The molecule has 1 heterocycles. The zero-order valence-corrected chi connectivity index (χ0v) is 9.10. The Hall–Kier alpha value is -1.15. The summed E-state index contributed by atoms with van der Waals surface area (Å²) in [5, 5.41) is 0. The van der Waals surface area contributed by atoms with Crippen LogP contribution in [0, 0.1) is 5.92 Å². The Morgan fingerprint density at radius 3 is 2.73 bits per heavy atom. The molecule has 1 fully saturated rings. The van der Waals surface area contributed by atoms with Gasteiger partial charge in [-0.3, -0.25) is 4.90 Å². The van der Waals surface area contributed by atoms with Crippen LogP contribution in [0.15, 0.2) is 30.3 Å². The van der Waals surface area contributed by atoms with E-state index in [1.165, 1.54) is 5.56 Å². The van der Waals surface area contributed by atoms with Crippen molar-refractivity contribution in [3.8, 4) is 0 Å². The third-order valence-electron chi connectivity index (χ3n) is 3.28. The number of rotatable bonds is 3. The minimum absolute atomic E-state index is 0.246. The van der Waals surface area contributed by atoms with E-state index in [0.29, 0.717) is 6.04 Å². The molecule has 0 N–H and O–H groups in total. The minimum Gasteiger partial charge on any atom is -0.303 e. The summed E-state index contributed by atoms with van der Waals surface area (Å²) in [6, 6.07) is 10.9. The molecule has 0 radical (unpaired) electrons. The fourth-order valence-corrected chi connectivity index (χ4v) is 2.22. The maximum absolute atomic E-state index is 10.7. The van der Waals surface area contributed by atoms with Crippen molar-refractivity contribution in [3.05, 3.63) is 35.9 Å². The van der Waals surface area contributed by atoms with Crippen molar-refractivity contribution in [2.45, 2.75) is 19.4 Å². The highest BCUT2D eigenvalue weighted by atomic mass is 16.1. The third kappa shape index (κ3) is 2.26. The monoisotopic (exact) mass is 203 g/mol. The van der Waals surface area contributed by atoms with E-state index in [1.807, 2.05) is 6.07 Å². The van der Waals surface area contributed by atoms with Crippen molar-refractivity contribution in [1.29, 1.82) is 0 Å². The molecule has 0 amide bonds. The topological polar surface area (TPSA) is 20.3 Å². The SMILES string of the molecule is C[C@@H](c1ccccc1)N1CCC(C=O)C1. The summed E-state index contributed by atoms with van der Waals surface area (Å²) in [6.07, 6.45) is 2.11. The number of aldehydes is 1. The molecule has 1 unspecified atom stereocenters. The lowest BCUT2D eigenvalue weighted by Crippen LogP contribution is -2.24. The summed E-state index contributed by atoms with van der Waals surface area (Å²) in [5.74, 6) is 0.246. The number of nitrogens with zero attached hydrogens (tertiary/aromatic N) is 1. The summed E-state index contributed by atoms with van der Waals surface area (Å²) in [6.45, 7) is 4.17. The van der Waals surface area contributed by atoms with Crippen molar-refractivity contribution >= 4 is 6.29 Å². The lowest BCUT2D eigenvalue weighted by molar-refractivity contribution is -0.110. The summed E-state index contributed by atoms with van der Waals surface area (Å²) < 4.78 is 0. The van der Waals surface area contributed by atoms with Gasteiger partial charge in [-0.25, -0.2) is 0 Å².